The third-order valence-corrected chi connectivity index (χ3v) is 13.3. The lowest BCUT2D eigenvalue weighted by atomic mass is 9.48. The van der Waals surface area contributed by atoms with Crippen LogP contribution in [0.3, 0.4) is 0 Å². The highest BCUT2D eigenvalue weighted by Gasteiger charge is 2.84. The molecule has 1 saturated heterocycles. The van der Waals surface area contributed by atoms with Gasteiger partial charge in [-0.1, -0.05) is 62.4 Å². The Morgan fingerprint density at radius 1 is 0.902 bits per heavy atom. The van der Waals surface area contributed by atoms with Crippen LogP contribution < -0.4 is 10.8 Å². The van der Waals surface area contributed by atoms with Gasteiger partial charge in [0, 0.05) is 31.1 Å². The summed E-state index contributed by atoms with van der Waals surface area (Å²) in [4.78, 5) is 88.3. The number of hydrogen-bond acceptors (Lipinski definition) is 14. The van der Waals surface area contributed by atoms with Crippen molar-refractivity contribution in [1.29, 1.82) is 0 Å². The van der Waals surface area contributed by atoms with E-state index >= 15 is 4.79 Å². The molecule has 2 bridgehead atoms. The number of fused-ring (bicyclic) bond motifs is 4. The lowest BCUT2D eigenvalue weighted by Crippen LogP contribution is -2.78. The predicted octanol–water partition coefficient (Wildman–Crippen LogP) is 3.97. The van der Waals surface area contributed by atoms with Gasteiger partial charge in [0.1, 0.15) is 23.9 Å². The highest BCUT2D eigenvalue weighted by molar-refractivity contribution is 5.97. The number of hydrogen-bond donors (Lipinski definition) is 4. The monoisotopic (exact) mass is 846 g/mol. The van der Waals surface area contributed by atoms with Gasteiger partial charge >= 0.3 is 29.9 Å². The quantitative estimate of drug-likeness (QED) is 0.115. The Bertz CT molecular complexity index is 2130. The zero-order valence-electron chi connectivity index (χ0n) is 35.5. The molecule has 2 aromatic carbocycles. The van der Waals surface area contributed by atoms with Gasteiger partial charge in [0.25, 0.3) is 0 Å². The molecular weight excluding hydrogens is 792 g/mol. The first-order valence-electron chi connectivity index (χ1n) is 20.5. The lowest BCUT2D eigenvalue weighted by Gasteiger charge is -2.64. The van der Waals surface area contributed by atoms with E-state index in [9.17, 15) is 34.2 Å². The van der Waals surface area contributed by atoms with Crippen LogP contribution in [0.2, 0.25) is 0 Å². The van der Waals surface area contributed by atoms with E-state index in [1.165, 1.54) is 19.1 Å². The minimum Gasteiger partial charge on any atom is -0.456 e. The van der Waals surface area contributed by atoms with Gasteiger partial charge < -0.3 is 39.2 Å². The number of amides is 2. The van der Waals surface area contributed by atoms with Crippen molar-refractivity contribution in [1.82, 2.24) is 10.8 Å². The van der Waals surface area contributed by atoms with Gasteiger partial charge in [-0.3, -0.25) is 19.2 Å². The summed E-state index contributed by atoms with van der Waals surface area (Å²) in [5.74, 6) is -5.68. The van der Waals surface area contributed by atoms with Crippen LogP contribution >= 0.6 is 0 Å². The number of Topliss-reactive ketones (excluding diaryl/α,β-unsaturated/α-hetero) is 1. The Balaban J connectivity index is 1.35. The fourth-order valence-electron chi connectivity index (χ4n) is 10.3. The van der Waals surface area contributed by atoms with Gasteiger partial charge in [-0.15, -0.1) is 0 Å². The van der Waals surface area contributed by atoms with E-state index in [1.807, 2.05) is 0 Å². The smallest absolute Gasteiger partial charge is 0.339 e. The molecule has 5 aliphatic rings. The Labute approximate surface area is 353 Å². The zero-order valence-corrected chi connectivity index (χ0v) is 35.5. The number of benzene rings is 2. The normalized spacial score (nSPS) is 33.0. The molecule has 4 unspecified atom stereocenters. The first-order valence-corrected chi connectivity index (χ1v) is 20.5. The van der Waals surface area contributed by atoms with Crippen LogP contribution in [0, 0.1) is 22.7 Å². The van der Waals surface area contributed by atoms with Crippen molar-refractivity contribution in [3.05, 3.63) is 82.9 Å². The van der Waals surface area contributed by atoms with E-state index in [-0.39, 0.29) is 35.7 Å². The number of ether oxygens (including phenoxy) is 5. The number of carbonyl (C=O) groups is 6. The van der Waals surface area contributed by atoms with Crippen molar-refractivity contribution in [2.75, 3.05) is 6.61 Å². The molecule has 2 amide bonds. The summed E-state index contributed by atoms with van der Waals surface area (Å²) < 4.78 is 30.6. The standard InChI is InChI=1S/C45H54N2O14/c1-23-29(58-39(53)33(50)32(26-15-11-9-12-16-26)46-40(54)47-61-41(4,5)6)21-45(55)37(59-38(52)27-17-13-10-14-18-27)35-43(36(51)34(57-24(2)48)31(23)42(45,7)8)20-28(43)19-30-44(35,22-56-30)60-25(3)49/h9-18,28-30,32-35,37,50,55H,19-22H2,1-8H3,(H2,46,47,54)/t28?,29?,30-,32+,33-,34-,35?,37+,43?,44+,45-/m1/s1. The summed E-state index contributed by atoms with van der Waals surface area (Å²) in [5.41, 5.74) is -4.43. The van der Waals surface area contributed by atoms with Gasteiger partial charge in [-0.05, 0) is 75.3 Å². The number of aliphatic hydroxyl groups excluding tert-OH is 1. The van der Waals surface area contributed by atoms with Gasteiger partial charge in [-0.25, -0.2) is 19.9 Å². The molecule has 7 rings (SSSR count). The Morgan fingerprint density at radius 2 is 1.54 bits per heavy atom. The molecule has 4 N–H and O–H groups in total. The molecule has 4 fully saturated rings. The van der Waals surface area contributed by atoms with Crippen LogP contribution in [-0.4, -0.2) is 99.8 Å². The van der Waals surface area contributed by atoms with E-state index in [4.69, 9.17) is 28.5 Å². The molecule has 1 heterocycles. The summed E-state index contributed by atoms with van der Waals surface area (Å²) in [5, 5.41) is 27.9. The van der Waals surface area contributed by atoms with Gasteiger partial charge in [0.05, 0.1) is 29.7 Å². The molecule has 61 heavy (non-hydrogen) atoms. The number of nitrogens with one attached hydrogen (secondary N) is 2. The maximum atomic E-state index is 15.5. The first kappa shape index (κ1) is 43.9. The van der Waals surface area contributed by atoms with Crippen LogP contribution in [0.5, 0.6) is 0 Å². The van der Waals surface area contributed by atoms with E-state index in [2.05, 4.69) is 10.8 Å². The predicted molar refractivity (Wildman–Crippen MR) is 213 cm³/mol. The molecule has 3 saturated carbocycles. The molecule has 1 spiro atoms. The van der Waals surface area contributed by atoms with Crippen molar-refractivity contribution in [3.8, 4) is 0 Å². The number of hydroxylamine groups is 1. The van der Waals surface area contributed by atoms with Crippen molar-refractivity contribution < 1.29 is 67.5 Å². The fourth-order valence-corrected chi connectivity index (χ4v) is 10.3. The number of rotatable bonds is 10. The highest BCUT2D eigenvalue weighted by atomic mass is 16.7. The third kappa shape index (κ3) is 7.50. The number of aliphatic hydroxyl groups is 2. The minimum absolute atomic E-state index is 0.123. The largest absolute Gasteiger partial charge is 0.456 e. The Kier molecular flexibility index (Phi) is 11.3. The topological polar surface area (TPSA) is 222 Å². The SMILES string of the molecule is CC(=O)O[C@H]1C(=O)C23CC2C[C@H]2OC[C@@]2(OC(C)=O)C3[C@H](OC(=O)c2ccccc2)[C@]2(O)CC(OC(=O)[C@H](O)[C@@H](NC(=O)NOC(C)(C)C)c3ccccc3)C(C)=C1C2(C)C. The number of urea groups is 1. The molecular formula is C45H54N2O14. The maximum Gasteiger partial charge on any atom is 0.339 e. The first-order chi connectivity index (χ1) is 28.6. The second-order valence-electron chi connectivity index (χ2n) is 18.4. The van der Waals surface area contributed by atoms with Crippen molar-refractivity contribution >= 4 is 35.7 Å². The molecule has 1 aliphatic heterocycles. The fraction of sp³-hybridized carbons (Fsp3) is 0.556. The summed E-state index contributed by atoms with van der Waals surface area (Å²) in [7, 11) is 0. The van der Waals surface area contributed by atoms with Crippen molar-refractivity contribution in [2.45, 2.75) is 128 Å². The summed E-state index contributed by atoms with van der Waals surface area (Å²) in [6.07, 6.45) is -7.31. The summed E-state index contributed by atoms with van der Waals surface area (Å²) >= 11 is 0. The van der Waals surface area contributed by atoms with Crippen LogP contribution in [0.15, 0.2) is 71.8 Å². The molecule has 0 aromatic heterocycles. The molecule has 11 atom stereocenters. The molecule has 2 aromatic rings. The van der Waals surface area contributed by atoms with Crippen molar-refractivity contribution in [2.24, 2.45) is 22.7 Å². The Morgan fingerprint density at radius 3 is 2.11 bits per heavy atom. The van der Waals surface area contributed by atoms with E-state index in [0.29, 0.717) is 12.0 Å². The van der Waals surface area contributed by atoms with E-state index < -0.39 is 112 Å². The minimum atomic E-state index is -2.25. The lowest BCUT2D eigenvalue weighted by molar-refractivity contribution is -0.323. The van der Waals surface area contributed by atoms with Gasteiger partial charge in [0.15, 0.2) is 23.6 Å². The van der Waals surface area contributed by atoms with Crippen LogP contribution in [0.1, 0.15) is 96.6 Å². The van der Waals surface area contributed by atoms with Crippen LogP contribution in [0.4, 0.5) is 4.79 Å². The highest BCUT2D eigenvalue weighted by Crippen LogP contribution is 2.74. The second kappa shape index (κ2) is 15.6. The van der Waals surface area contributed by atoms with Gasteiger partial charge in [0.2, 0.25) is 0 Å². The van der Waals surface area contributed by atoms with E-state index in [0.717, 1.165) is 6.92 Å². The average Bonchev–Trinajstić information content (AvgIpc) is 3.92. The summed E-state index contributed by atoms with van der Waals surface area (Å²) in [6, 6.07) is 14.0. The zero-order chi connectivity index (χ0) is 44.4. The maximum absolute atomic E-state index is 15.5. The number of ketones is 1. The molecule has 4 aliphatic carbocycles. The summed E-state index contributed by atoms with van der Waals surface area (Å²) in [6.45, 7) is 12.2. The molecule has 16 heteroatoms. The van der Waals surface area contributed by atoms with Crippen molar-refractivity contribution in [3.63, 3.8) is 0 Å². The molecule has 0 radical (unpaired) electrons. The number of carbonyl (C=O) groups excluding carboxylic acids is 6. The average molecular weight is 847 g/mol. The number of esters is 4. The van der Waals surface area contributed by atoms with Crippen LogP contribution in [0.25, 0.3) is 0 Å². The molecule has 328 valence electrons. The van der Waals surface area contributed by atoms with E-state index in [1.54, 1.807) is 90.1 Å². The van der Waals surface area contributed by atoms with Gasteiger partial charge in [-0.2, -0.15) is 0 Å². The molecule has 16 nitrogen and oxygen atoms in total. The van der Waals surface area contributed by atoms with Crippen LogP contribution in [-0.2, 0) is 47.7 Å². The Hall–Kier alpha value is -5.16. The third-order valence-electron chi connectivity index (χ3n) is 13.3. The second-order valence-corrected chi connectivity index (χ2v) is 18.4.